The highest BCUT2D eigenvalue weighted by atomic mass is 127. The van der Waals surface area contributed by atoms with Crippen molar-refractivity contribution < 1.29 is 4.39 Å². The van der Waals surface area contributed by atoms with Crippen molar-refractivity contribution in [3.05, 3.63) is 26.0 Å². The molecule has 0 heterocycles. The van der Waals surface area contributed by atoms with Crippen LogP contribution in [0.4, 0.5) is 4.39 Å². The van der Waals surface area contributed by atoms with Crippen molar-refractivity contribution in [3.63, 3.8) is 0 Å². The molecule has 0 unspecified atom stereocenters. The summed E-state index contributed by atoms with van der Waals surface area (Å²) in [5.74, 6) is -0.132. The molecular weight excluding hydrogens is 342 g/mol. The number of thioether (sulfide) groups is 1. The first-order chi connectivity index (χ1) is 5.16. The molecule has 1 rings (SSSR count). The molecule has 0 bridgehead atoms. The lowest BCUT2D eigenvalue weighted by molar-refractivity contribution is 0.592. The summed E-state index contributed by atoms with van der Waals surface area (Å²) in [4.78, 5) is 0.678. The van der Waals surface area contributed by atoms with Gasteiger partial charge in [0.1, 0.15) is 0 Å². The van der Waals surface area contributed by atoms with E-state index in [1.165, 1.54) is 11.8 Å². The molecule has 0 atom stereocenters. The number of rotatable bonds is 1. The Bertz CT molecular complexity index is 277. The molecule has 4 heteroatoms. The van der Waals surface area contributed by atoms with Gasteiger partial charge in [0.05, 0.1) is 8.47 Å². The van der Waals surface area contributed by atoms with Crippen LogP contribution in [0, 0.1) is 9.39 Å². The molecule has 0 nitrogen and oxygen atoms in total. The van der Waals surface area contributed by atoms with Crippen molar-refractivity contribution in [1.29, 1.82) is 0 Å². The molecule has 0 aromatic heterocycles. The largest absolute Gasteiger partial charge is 0.205 e. The van der Waals surface area contributed by atoms with E-state index in [9.17, 15) is 4.39 Å². The summed E-state index contributed by atoms with van der Waals surface area (Å²) in [6.07, 6.45) is 1.86. The third-order valence-electron chi connectivity index (χ3n) is 1.21. The Morgan fingerprint density at radius 3 is 2.64 bits per heavy atom. The van der Waals surface area contributed by atoms with Gasteiger partial charge in [-0.05, 0) is 56.9 Å². The van der Waals surface area contributed by atoms with Crippen LogP contribution in [-0.4, -0.2) is 6.26 Å². The maximum absolute atomic E-state index is 13.2. The Balaban J connectivity index is 3.29. The van der Waals surface area contributed by atoms with Gasteiger partial charge in [0, 0.05) is 4.47 Å². The minimum atomic E-state index is -0.132. The van der Waals surface area contributed by atoms with Crippen LogP contribution >= 0.6 is 50.3 Å². The summed E-state index contributed by atoms with van der Waals surface area (Å²) in [6.45, 7) is 0. The Morgan fingerprint density at radius 1 is 1.55 bits per heavy atom. The van der Waals surface area contributed by atoms with Crippen LogP contribution in [0.3, 0.4) is 0 Å². The SMILES string of the molecule is CSc1c(Br)ccc(I)c1F. The van der Waals surface area contributed by atoms with E-state index in [1.807, 2.05) is 34.9 Å². The van der Waals surface area contributed by atoms with Gasteiger partial charge < -0.3 is 0 Å². The molecule has 0 aliphatic rings. The molecule has 0 aliphatic carbocycles. The van der Waals surface area contributed by atoms with E-state index in [4.69, 9.17) is 0 Å². The summed E-state index contributed by atoms with van der Waals surface area (Å²) in [6, 6.07) is 3.61. The molecule has 0 saturated heterocycles. The van der Waals surface area contributed by atoms with E-state index >= 15 is 0 Å². The van der Waals surface area contributed by atoms with Crippen LogP contribution in [0.25, 0.3) is 0 Å². The van der Waals surface area contributed by atoms with Gasteiger partial charge in [-0.2, -0.15) is 0 Å². The van der Waals surface area contributed by atoms with Crippen molar-refractivity contribution >= 4 is 50.3 Å². The molecular formula is C7H5BrFIS. The fourth-order valence-electron chi connectivity index (χ4n) is 0.696. The van der Waals surface area contributed by atoms with E-state index in [-0.39, 0.29) is 5.82 Å². The van der Waals surface area contributed by atoms with E-state index in [0.717, 1.165) is 4.47 Å². The summed E-state index contributed by atoms with van der Waals surface area (Å²) in [5.41, 5.74) is 0. The quantitative estimate of drug-likeness (QED) is 0.422. The van der Waals surface area contributed by atoms with Crippen molar-refractivity contribution in [2.24, 2.45) is 0 Å². The van der Waals surface area contributed by atoms with Crippen LogP contribution < -0.4 is 0 Å². The van der Waals surface area contributed by atoms with Crippen LogP contribution in [0.2, 0.25) is 0 Å². The van der Waals surface area contributed by atoms with Crippen LogP contribution in [0.1, 0.15) is 0 Å². The topological polar surface area (TPSA) is 0 Å². The van der Waals surface area contributed by atoms with Crippen LogP contribution in [0.5, 0.6) is 0 Å². The minimum Gasteiger partial charge on any atom is -0.205 e. The van der Waals surface area contributed by atoms with E-state index in [2.05, 4.69) is 15.9 Å². The van der Waals surface area contributed by atoms with Crippen LogP contribution in [-0.2, 0) is 0 Å². The van der Waals surface area contributed by atoms with Gasteiger partial charge in [-0.1, -0.05) is 0 Å². The first kappa shape index (κ1) is 9.80. The summed E-state index contributed by atoms with van der Waals surface area (Å²) in [5, 5.41) is 0. The second-order valence-corrected chi connectivity index (χ2v) is 4.71. The lowest BCUT2D eigenvalue weighted by Crippen LogP contribution is -1.86. The lowest BCUT2D eigenvalue weighted by atomic mass is 10.3. The Hall–Kier alpha value is 0.710. The van der Waals surface area contributed by atoms with Gasteiger partial charge in [-0.25, -0.2) is 4.39 Å². The van der Waals surface area contributed by atoms with Gasteiger partial charge in [0.15, 0.2) is 5.82 Å². The van der Waals surface area contributed by atoms with Gasteiger partial charge in [-0.15, -0.1) is 11.8 Å². The molecule has 0 amide bonds. The molecule has 0 spiro atoms. The summed E-state index contributed by atoms with van der Waals surface area (Å²) >= 11 is 6.67. The predicted molar refractivity (Wildman–Crippen MR) is 58.6 cm³/mol. The average Bonchev–Trinajstić information content (AvgIpc) is 1.99. The summed E-state index contributed by atoms with van der Waals surface area (Å²) in [7, 11) is 0. The van der Waals surface area contributed by atoms with E-state index < -0.39 is 0 Å². The first-order valence-corrected chi connectivity index (χ1v) is 5.94. The lowest BCUT2D eigenvalue weighted by Gasteiger charge is -2.02. The third kappa shape index (κ3) is 2.09. The molecule has 0 saturated carbocycles. The molecule has 11 heavy (non-hydrogen) atoms. The molecule has 0 N–H and O–H groups in total. The molecule has 60 valence electrons. The highest BCUT2D eigenvalue weighted by Gasteiger charge is 2.08. The highest BCUT2D eigenvalue weighted by molar-refractivity contribution is 14.1. The monoisotopic (exact) mass is 346 g/mol. The number of halogens is 3. The van der Waals surface area contributed by atoms with Gasteiger partial charge in [-0.3, -0.25) is 0 Å². The van der Waals surface area contributed by atoms with Crippen molar-refractivity contribution in [1.82, 2.24) is 0 Å². The minimum absolute atomic E-state index is 0.132. The Labute approximate surface area is 91.2 Å². The Kier molecular flexibility index (Phi) is 3.64. The zero-order chi connectivity index (χ0) is 8.43. The fourth-order valence-corrected chi connectivity index (χ4v) is 2.67. The molecule has 1 aromatic rings. The third-order valence-corrected chi connectivity index (χ3v) is 3.77. The van der Waals surface area contributed by atoms with Gasteiger partial charge in [0.2, 0.25) is 0 Å². The maximum atomic E-state index is 13.2. The fraction of sp³-hybridized carbons (Fsp3) is 0.143. The summed E-state index contributed by atoms with van der Waals surface area (Å²) < 4.78 is 14.7. The predicted octanol–water partition coefficient (Wildman–Crippen LogP) is 3.91. The van der Waals surface area contributed by atoms with Gasteiger partial charge in [0.25, 0.3) is 0 Å². The Morgan fingerprint density at radius 2 is 2.18 bits per heavy atom. The van der Waals surface area contributed by atoms with E-state index in [0.29, 0.717) is 8.47 Å². The molecule has 0 fully saturated rings. The maximum Gasteiger partial charge on any atom is 0.151 e. The zero-order valence-electron chi connectivity index (χ0n) is 5.70. The molecule has 1 aromatic carbocycles. The van der Waals surface area contributed by atoms with Crippen LogP contribution in [0.15, 0.2) is 21.5 Å². The van der Waals surface area contributed by atoms with Crippen molar-refractivity contribution in [2.45, 2.75) is 4.90 Å². The molecule has 0 aliphatic heterocycles. The standard InChI is InChI=1S/C7H5BrFIS/c1-11-7-4(8)2-3-5(10)6(7)9/h2-3H,1H3. The number of benzene rings is 1. The number of hydrogen-bond acceptors (Lipinski definition) is 1. The molecule has 0 radical (unpaired) electrons. The van der Waals surface area contributed by atoms with Crippen molar-refractivity contribution in [2.75, 3.05) is 6.26 Å². The van der Waals surface area contributed by atoms with E-state index in [1.54, 1.807) is 6.07 Å². The second kappa shape index (κ2) is 4.09. The van der Waals surface area contributed by atoms with Gasteiger partial charge >= 0.3 is 0 Å². The average molecular weight is 347 g/mol. The number of hydrogen-bond donors (Lipinski definition) is 0. The smallest absolute Gasteiger partial charge is 0.151 e. The first-order valence-electron chi connectivity index (χ1n) is 2.84. The zero-order valence-corrected chi connectivity index (χ0v) is 10.3. The normalized spacial score (nSPS) is 10.2. The highest BCUT2D eigenvalue weighted by Crippen LogP contribution is 2.30. The van der Waals surface area contributed by atoms with Crippen molar-refractivity contribution in [3.8, 4) is 0 Å². The second-order valence-electron chi connectivity index (χ2n) is 1.88.